The predicted octanol–water partition coefficient (Wildman–Crippen LogP) is 2.28. The molecule has 1 aromatic rings. The number of hydrogen-bond acceptors (Lipinski definition) is 3. The minimum atomic E-state index is -0.883. The molecule has 0 bridgehead atoms. The SMILES string of the molecule is CC(C)C1CN(C)c2c[nH]c(C(=O)O)c2S1. The minimum Gasteiger partial charge on any atom is -0.477 e. The van der Waals surface area contributed by atoms with Gasteiger partial charge in [-0.25, -0.2) is 4.79 Å². The molecule has 0 aromatic carbocycles. The van der Waals surface area contributed by atoms with Crippen molar-refractivity contribution in [2.24, 2.45) is 5.92 Å². The standard InChI is InChI=1S/C11H16N2O2S/c1-6(2)8-5-13(3)7-4-12-9(11(14)15)10(7)16-8/h4,6,8,12H,5H2,1-3H3,(H,14,15). The van der Waals surface area contributed by atoms with Gasteiger partial charge in [-0.1, -0.05) is 13.8 Å². The van der Waals surface area contributed by atoms with E-state index in [0.29, 0.717) is 16.9 Å². The van der Waals surface area contributed by atoms with Crippen molar-refractivity contribution in [2.45, 2.75) is 24.0 Å². The van der Waals surface area contributed by atoms with Crippen molar-refractivity contribution < 1.29 is 9.90 Å². The van der Waals surface area contributed by atoms with Crippen molar-refractivity contribution in [1.82, 2.24) is 4.98 Å². The van der Waals surface area contributed by atoms with Gasteiger partial charge in [-0.05, 0) is 5.92 Å². The van der Waals surface area contributed by atoms with E-state index in [4.69, 9.17) is 5.11 Å². The van der Waals surface area contributed by atoms with E-state index >= 15 is 0 Å². The molecule has 0 saturated heterocycles. The lowest BCUT2D eigenvalue weighted by atomic mass is 10.1. The van der Waals surface area contributed by atoms with E-state index in [-0.39, 0.29) is 0 Å². The Hall–Kier alpha value is -1.10. The Morgan fingerprint density at radius 2 is 2.38 bits per heavy atom. The second kappa shape index (κ2) is 4.05. The first-order valence-electron chi connectivity index (χ1n) is 5.33. The number of hydrogen-bond donors (Lipinski definition) is 2. The van der Waals surface area contributed by atoms with Crippen LogP contribution in [0.15, 0.2) is 11.1 Å². The number of nitrogens with one attached hydrogen (secondary N) is 1. The molecular weight excluding hydrogens is 224 g/mol. The highest BCUT2D eigenvalue weighted by molar-refractivity contribution is 8.00. The highest BCUT2D eigenvalue weighted by Gasteiger charge is 2.30. The van der Waals surface area contributed by atoms with Crippen molar-refractivity contribution in [2.75, 3.05) is 18.5 Å². The fourth-order valence-corrected chi connectivity index (χ4v) is 3.34. The number of nitrogens with zero attached hydrogens (tertiary/aromatic N) is 1. The second-order valence-corrected chi connectivity index (χ2v) is 5.71. The zero-order chi connectivity index (χ0) is 11.9. The van der Waals surface area contributed by atoms with E-state index < -0.39 is 5.97 Å². The van der Waals surface area contributed by atoms with Gasteiger partial charge in [0, 0.05) is 25.0 Å². The molecule has 2 rings (SSSR count). The number of thioether (sulfide) groups is 1. The van der Waals surface area contributed by atoms with Gasteiger partial charge in [0.15, 0.2) is 0 Å². The predicted molar refractivity (Wildman–Crippen MR) is 65.5 cm³/mol. The summed E-state index contributed by atoms with van der Waals surface area (Å²) in [5, 5.41) is 9.53. The van der Waals surface area contributed by atoms with Crippen molar-refractivity contribution in [1.29, 1.82) is 0 Å². The van der Waals surface area contributed by atoms with Crippen LogP contribution >= 0.6 is 11.8 Å². The Kier molecular flexibility index (Phi) is 2.88. The van der Waals surface area contributed by atoms with Crippen LogP contribution < -0.4 is 4.90 Å². The van der Waals surface area contributed by atoms with Gasteiger partial charge >= 0.3 is 5.97 Å². The van der Waals surface area contributed by atoms with E-state index in [1.54, 1.807) is 18.0 Å². The van der Waals surface area contributed by atoms with Crippen LogP contribution in [0.4, 0.5) is 5.69 Å². The highest BCUT2D eigenvalue weighted by atomic mass is 32.2. The molecule has 0 saturated carbocycles. The molecular formula is C11H16N2O2S. The molecule has 88 valence electrons. The largest absolute Gasteiger partial charge is 0.477 e. The number of anilines is 1. The van der Waals surface area contributed by atoms with Gasteiger partial charge in [0.05, 0.1) is 10.6 Å². The zero-order valence-electron chi connectivity index (χ0n) is 9.65. The first-order chi connectivity index (χ1) is 7.50. The number of aromatic carboxylic acids is 1. The molecule has 4 nitrogen and oxygen atoms in total. The molecule has 1 atom stereocenters. The van der Waals surface area contributed by atoms with Crippen molar-refractivity contribution in [3.63, 3.8) is 0 Å². The van der Waals surface area contributed by atoms with Crippen LogP contribution in [0.1, 0.15) is 24.3 Å². The van der Waals surface area contributed by atoms with E-state index in [9.17, 15) is 4.79 Å². The van der Waals surface area contributed by atoms with Gasteiger partial charge in [0.1, 0.15) is 5.69 Å². The second-order valence-electron chi connectivity index (χ2n) is 4.46. The maximum Gasteiger partial charge on any atom is 0.353 e. The molecule has 16 heavy (non-hydrogen) atoms. The normalized spacial score (nSPS) is 20.0. The van der Waals surface area contributed by atoms with Crippen LogP contribution in [-0.4, -0.2) is 34.9 Å². The van der Waals surface area contributed by atoms with E-state index in [1.165, 1.54) is 0 Å². The van der Waals surface area contributed by atoms with Crippen molar-refractivity contribution in [3.05, 3.63) is 11.9 Å². The van der Waals surface area contributed by atoms with Crippen molar-refractivity contribution >= 4 is 23.4 Å². The number of rotatable bonds is 2. The Morgan fingerprint density at radius 3 is 2.94 bits per heavy atom. The van der Waals surface area contributed by atoms with Crippen LogP contribution in [-0.2, 0) is 0 Å². The summed E-state index contributed by atoms with van der Waals surface area (Å²) in [5.74, 6) is -0.344. The highest BCUT2D eigenvalue weighted by Crippen LogP contribution is 2.42. The number of carboxylic acid groups (broad SMARTS) is 1. The number of fused-ring (bicyclic) bond motifs is 1. The Labute approximate surface area is 99.0 Å². The molecule has 1 unspecified atom stereocenters. The van der Waals surface area contributed by atoms with E-state index in [2.05, 4.69) is 23.7 Å². The molecule has 1 aliphatic heterocycles. The molecule has 0 fully saturated rings. The monoisotopic (exact) mass is 240 g/mol. The lowest BCUT2D eigenvalue weighted by Crippen LogP contribution is -2.33. The van der Waals surface area contributed by atoms with Gasteiger partial charge < -0.3 is 15.0 Å². The Bertz CT molecular complexity index is 414. The third kappa shape index (κ3) is 1.80. The molecule has 2 N–H and O–H groups in total. The van der Waals surface area contributed by atoms with Gasteiger partial charge in [-0.2, -0.15) is 0 Å². The lowest BCUT2D eigenvalue weighted by Gasteiger charge is -2.33. The summed E-state index contributed by atoms with van der Waals surface area (Å²) in [5.41, 5.74) is 1.32. The summed E-state index contributed by atoms with van der Waals surface area (Å²) in [7, 11) is 2.01. The molecule has 1 aromatic heterocycles. The first-order valence-corrected chi connectivity index (χ1v) is 6.21. The third-order valence-electron chi connectivity index (χ3n) is 2.90. The summed E-state index contributed by atoms with van der Waals surface area (Å²) in [6.45, 7) is 5.30. The van der Waals surface area contributed by atoms with Crippen LogP contribution in [0.2, 0.25) is 0 Å². The fraction of sp³-hybridized carbons (Fsp3) is 0.545. The molecule has 2 heterocycles. The molecule has 0 aliphatic carbocycles. The topological polar surface area (TPSA) is 56.3 Å². The molecule has 0 radical (unpaired) electrons. The maximum atomic E-state index is 11.1. The van der Waals surface area contributed by atoms with Crippen LogP contribution in [0.25, 0.3) is 0 Å². The number of aromatic nitrogens is 1. The molecule has 0 amide bonds. The molecule has 0 spiro atoms. The van der Waals surface area contributed by atoms with E-state index in [1.807, 2.05) is 7.05 Å². The van der Waals surface area contributed by atoms with Crippen LogP contribution in [0.3, 0.4) is 0 Å². The quantitative estimate of drug-likeness (QED) is 0.832. The third-order valence-corrected chi connectivity index (χ3v) is 4.55. The van der Waals surface area contributed by atoms with E-state index in [0.717, 1.165) is 17.1 Å². The number of H-pyrrole nitrogens is 1. The fourth-order valence-electron chi connectivity index (χ4n) is 1.87. The average Bonchev–Trinajstić information content (AvgIpc) is 2.61. The maximum absolute atomic E-state index is 11.1. The average molecular weight is 240 g/mol. The van der Waals surface area contributed by atoms with Gasteiger partial charge in [-0.3, -0.25) is 0 Å². The Balaban J connectivity index is 2.38. The van der Waals surface area contributed by atoms with Crippen molar-refractivity contribution in [3.8, 4) is 0 Å². The first kappa shape index (κ1) is 11.4. The summed E-state index contributed by atoms with van der Waals surface area (Å²) in [6, 6.07) is 0. The summed E-state index contributed by atoms with van der Waals surface area (Å²) < 4.78 is 0. The summed E-state index contributed by atoms with van der Waals surface area (Å²) in [6.07, 6.45) is 1.78. The van der Waals surface area contributed by atoms with Gasteiger partial charge in [0.2, 0.25) is 0 Å². The number of aromatic amines is 1. The molecule has 5 heteroatoms. The minimum absolute atomic E-state index is 0.317. The zero-order valence-corrected chi connectivity index (χ0v) is 10.5. The smallest absolute Gasteiger partial charge is 0.353 e. The lowest BCUT2D eigenvalue weighted by molar-refractivity contribution is 0.0687. The van der Waals surface area contributed by atoms with Crippen LogP contribution in [0.5, 0.6) is 0 Å². The Morgan fingerprint density at radius 1 is 1.69 bits per heavy atom. The molecule has 1 aliphatic rings. The van der Waals surface area contributed by atoms with Crippen LogP contribution in [0, 0.1) is 5.92 Å². The van der Waals surface area contributed by atoms with Gasteiger partial charge in [-0.15, -0.1) is 11.8 Å². The number of carbonyl (C=O) groups is 1. The van der Waals surface area contributed by atoms with Gasteiger partial charge in [0.25, 0.3) is 0 Å². The summed E-state index contributed by atoms with van der Waals surface area (Å²) in [4.78, 5) is 16.9. The summed E-state index contributed by atoms with van der Waals surface area (Å²) >= 11 is 1.68. The number of carboxylic acids is 1.